The number of benzene rings is 2. The zero-order valence-electron chi connectivity index (χ0n) is 12.4. The minimum absolute atomic E-state index is 0.00543. The number of halogens is 1. The predicted molar refractivity (Wildman–Crippen MR) is 87.1 cm³/mol. The molecule has 2 aromatic carbocycles. The van der Waals surface area contributed by atoms with Crippen LogP contribution in [0.5, 0.6) is 5.75 Å². The maximum absolute atomic E-state index is 12.1. The third-order valence-electron chi connectivity index (χ3n) is 3.26. The molecule has 0 aliphatic carbocycles. The molecule has 0 aromatic heterocycles. The van der Waals surface area contributed by atoms with Gasteiger partial charge in [-0.1, -0.05) is 23.7 Å². The van der Waals surface area contributed by atoms with E-state index in [2.05, 4.69) is 5.32 Å². The summed E-state index contributed by atoms with van der Waals surface area (Å²) in [5.74, 6) is 0.261. The Morgan fingerprint density at radius 3 is 2.57 bits per heavy atom. The van der Waals surface area contributed by atoms with Crippen LogP contribution < -0.4 is 10.1 Å². The van der Waals surface area contributed by atoms with Crippen molar-refractivity contribution in [2.24, 2.45) is 0 Å². The van der Waals surface area contributed by atoms with Crippen molar-refractivity contribution in [3.05, 3.63) is 68.7 Å². The fraction of sp³-hybridized carbons (Fsp3) is 0.188. The molecule has 23 heavy (non-hydrogen) atoms. The van der Waals surface area contributed by atoms with Crippen molar-refractivity contribution in [2.75, 3.05) is 13.7 Å². The Kier molecular flexibility index (Phi) is 5.54. The van der Waals surface area contributed by atoms with E-state index in [0.717, 1.165) is 11.3 Å². The summed E-state index contributed by atoms with van der Waals surface area (Å²) < 4.78 is 5.07. The van der Waals surface area contributed by atoms with Gasteiger partial charge < -0.3 is 10.1 Å². The van der Waals surface area contributed by atoms with Crippen molar-refractivity contribution < 1.29 is 14.5 Å². The third kappa shape index (κ3) is 4.43. The lowest BCUT2D eigenvalue weighted by Crippen LogP contribution is -2.26. The fourth-order valence-electron chi connectivity index (χ4n) is 2.06. The lowest BCUT2D eigenvalue weighted by molar-refractivity contribution is -0.385. The molecule has 2 rings (SSSR count). The molecule has 0 saturated carbocycles. The zero-order valence-corrected chi connectivity index (χ0v) is 13.2. The van der Waals surface area contributed by atoms with Crippen molar-refractivity contribution in [1.82, 2.24) is 5.32 Å². The minimum atomic E-state index is -0.621. The van der Waals surface area contributed by atoms with E-state index in [9.17, 15) is 14.9 Å². The fourth-order valence-corrected chi connectivity index (χ4v) is 2.22. The Hall–Kier alpha value is -2.60. The Morgan fingerprint density at radius 1 is 1.26 bits per heavy atom. The van der Waals surface area contributed by atoms with Crippen LogP contribution in [-0.2, 0) is 6.42 Å². The molecular weight excluding hydrogens is 320 g/mol. The van der Waals surface area contributed by atoms with Gasteiger partial charge in [0.25, 0.3) is 11.6 Å². The second-order valence-electron chi connectivity index (χ2n) is 4.77. The first-order valence-electron chi connectivity index (χ1n) is 6.86. The maximum Gasteiger partial charge on any atom is 0.283 e. The Balaban J connectivity index is 1.98. The molecule has 0 saturated heterocycles. The highest BCUT2D eigenvalue weighted by Crippen LogP contribution is 2.23. The number of hydrogen-bond donors (Lipinski definition) is 1. The Morgan fingerprint density at radius 2 is 1.96 bits per heavy atom. The van der Waals surface area contributed by atoms with Crippen LogP contribution in [0.15, 0.2) is 42.5 Å². The molecule has 0 aliphatic heterocycles. The second-order valence-corrected chi connectivity index (χ2v) is 5.21. The van der Waals surface area contributed by atoms with Gasteiger partial charge in [-0.2, -0.15) is 0 Å². The van der Waals surface area contributed by atoms with E-state index >= 15 is 0 Å². The molecule has 0 radical (unpaired) electrons. The highest BCUT2D eigenvalue weighted by Gasteiger charge is 2.20. The van der Waals surface area contributed by atoms with Gasteiger partial charge in [-0.05, 0) is 36.2 Å². The molecule has 2 aromatic rings. The number of nitrogens with one attached hydrogen (secondary N) is 1. The molecule has 0 atom stereocenters. The molecular formula is C16H15ClN2O4. The molecule has 0 spiro atoms. The first kappa shape index (κ1) is 16.8. The van der Waals surface area contributed by atoms with Gasteiger partial charge in [0.1, 0.15) is 11.3 Å². The van der Waals surface area contributed by atoms with Crippen LogP contribution in [0.2, 0.25) is 5.02 Å². The van der Waals surface area contributed by atoms with E-state index in [1.807, 2.05) is 24.3 Å². The standard InChI is InChI=1S/C16H15ClN2O4/c1-23-13-5-2-11(3-6-13)8-9-18-16(20)14-7-4-12(17)10-15(14)19(21)22/h2-7,10H,8-9H2,1H3,(H,18,20). The topological polar surface area (TPSA) is 81.5 Å². The number of carbonyl (C=O) groups is 1. The van der Waals surface area contributed by atoms with Crippen molar-refractivity contribution in [3.63, 3.8) is 0 Å². The van der Waals surface area contributed by atoms with E-state index in [4.69, 9.17) is 16.3 Å². The highest BCUT2D eigenvalue weighted by atomic mass is 35.5. The lowest BCUT2D eigenvalue weighted by Gasteiger charge is -2.07. The zero-order chi connectivity index (χ0) is 16.8. The molecule has 0 aliphatic rings. The van der Waals surface area contributed by atoms with E-state index in [0.29, 0.717) is 13.0 Å². The SMILES string of the molecule is COc1ccc(CCNC(=O)c2ccc(Cl)cc2[N+](=O)[O-])cc1. The van der Waals surface area contributed by atoms with E-state index < -0.39 is 10.8 Å². The van der Waals surface area contributed by atoms with Crippen LogP contribution in [-0.4, -0.2) is 24.5 Å². The van der Waals surface area contributed by atoms with Gasteiger partial charge >= 0.3 is 0 Å². The molecule has 1 N–H and O–H groups in total. The van der Waals surface area contributed by atoms with E-state index in [-0.39, 0.29) is 16.3 Å². The molecule has 0 bridgehead atoms. The van der Waals surface area contributed by atoms with Gasteiger partial charge in [-0.25, -0.2) is 0 Å². The average Bonchev–Trinajstić information content (AvgIpc) is 2.55. The summed E-state index contributed by atoms with van der Waals surface area (Å²) in [4.78, 5) is 22.5. The van der Waals surface area contributed by atoms with Crippen molar-refractivity contribution in [2.45, 2.75) is 6.42 Å². The van der Waals surface area contributed by atoms with Crippen LogP contribution in [0, 0.1) is 10.1 Å². The minimum Gasteiger partial charge on any atom is -0.497 e. The van der Waals surface area contributed by atoms with Crippen LogP contribution in [0.1, 0.15) is 15.9 Å². The number of nitro benzene ring substituents is 1. The quantitative estimate of drug-likeness (QED) is 0.649. The van der Waals surface area contributed by atoms with Crippen LogP contribution in [0.4, 0.5) is 5.69 Å². The smallest absolute Gasteiger partial charge is 0.283 e. The molecule has 6 nitrogen and oxygen atoms in total. The third-order valence-corrected chi connectivity index (χ3v) is 3.49. The van der Waals surface area contributed by atoms with E-state index in [1.165, 1.54) is 18.2 Å². The van der Waals surface area contributed by atoms with E-state index in [1.54, 1.807) is 7.11 Å². The normalized spacial score (nSPS) is 10.2. The Bertz CT molecular complexity index is 717. The molecule has 120 valence electrons. The summed E-state index contributed by atoms with van der Waals surface area (Å²) >= 11 is 5.73. The molecule has 1 amide bonds. The summed E-state index contributed by atoms with van der Waals surface area (Å²) in [7, 11) is 1.59. The number of rotatable bonds is 6. The second kappa shape index (κ2) is 7.60. The molecule has 0 fully saturated rings. The van der Waals surface area contributed by atoms with Gasteiger partial charge in [0.2, 0.25) is 0 Å². The Labute approximate surface area is 138 Å². The lowest BCUT2D eigenvalue weighted by atomic mass is 10.1. The largest absolute Gasteiger partial charge is 0.497 e. The highest BCUT2D eigenvalue weighted by molar-refractivity contribution is 6.31. The number of carbonyl (C=O) groups excluding carboxylic acids is 1. The maximum atomic E-state index is 12.1. The molecule has 0 heterocycles. The average molecular weight is 335 g/mol. The first-order valence-corrected chi connectivity index (χ1v) is 7.24. The summed E-state index contributed by atoms with van der Waals surface area (Å²) in [5, 5.41) is 13.9. The summed E-state index contributed by atoms with van der Waals surface area (Å²) in [6.07, 6.45) is 0.608. The number of ether oxygens (including phenoxy) is 1. The van der Waals surface area contributed by atoms with Crippen LogP contribution in [0.25, 0.3) is 0 Å². The van der Waals surface area contributed by atoms with Gasteiger partial charge in [0, 0.05) is 17.6 Å². The number of nitro groups is 1. The summed E-state index contributed by atoms with van der Waals surface area (Å²) in [5.41, 5.74) is 0.713. The van der Waals surface area contributed by atoms with Gasteiger partial charge in [-0.15, -0.1) is 0 Å². The first-order chi connectivity index (χ1) is 11.0. The summed E-state index contributed by atoms with van der Waals surface area (Å²) in [6, 6.07) is 11.4. The number of nitrogens with zero attached hydrogens (tertiary/aromatic N) is 1. The van der Waals surface area contributed by atoms with Crippen molar-refractivity contribution in [1.29, 1.82) is 0 Å². The molecule has 0 unspecified atom stereocenters. The monoisotopic (exact) mass is 334 g/mol. The summed E-state index contributed by atoms with van der Waals surface area (Å²) in [6.45, 7) is 0.366. The van der Waals surface area contributed by atoms with Gasteiger partial charge in [0.15, 0.2) is 0 Å². The molecule has 7 heteroatoms. The van der Waals surface area contributed by atoms with Crippen molar-refractivity contribution >= 4 is 23.2 Å². The van der Waals surface area contributed by atoms with Gasteiger partial charge in [-0.3, -0.25) is 14.9 Å². The number of methoxy groups -OCH3 is 1. The number of amides is 1. The predicted octanol–water partition coefficient (Wildman–Crippen LogP) is 3.23. The van der Waals surface area contributed by atoms with Crippen molar-refractivity contribution in [3.8, 4) is 5.75 Å². The van der Waals surface area contributed by atoms with Crippen LogP contribution >= 0.6 is 11.6 Å². The van der Waals surface area contributed by atoms with Crippen LogP contribution in [0.3, 0.4) is 0 Å². The number of hydrogen-bond acceptors (Lipinski definition) is 4. The van der Waals surface area contributed by atoms with Gasteiger partial charge in [0.05, 0.1) is 12.0 Å².